The molecule has 0 aliphatic heterocycles. The Bertz CT molecular complexity index is 508. The first kappa shape index (κ1) is 21.9. The van der Waals surface area contributed by atoms with Crippen molar-refractivity contribution in [2.45, 2.75) is 65.2 Å². The number of hydrogen-bond acceptors (Lipinski definition) is 1. The first-order chi connectivity index (χ1) is 10.8. The zero-order chi connectivity index (χ0) is 17.6. The lowest BCUT2D eigenvalue weighted by molar-refractivity contribution is -0.139. The van der Waals surface area contributed by atoms with Gasteiger partial charge in [0.05, 0.1) is 5.92 Å². The second kappa shape index (κ2) is 10.1. The SMILES string of the molecule is CCC(CC)(CC)CCCC(C(=O)O)c1c(I)cc(I)cc1I. The Balaban J connectivity index is 2.92. The minimum absolute atomic E-state index is 0.384. The molecule has 1 atom stereocenters. The van der Waals surface area contributed by atoms with E-state index < -0.39 is 11.9 Å². The molecule has 0 saturated carbocycles. The van der Waals surface area contributed by atoms with E-state index in [1.807, 2.05) is 0 Å². The van der Waals surface area contributed by atoms with Crippen molar-refractivity contribution in [3.8, 4) is 0 Å². The smallest absolute Gasteiger partial charge is 0.311 e. The van der Waals surface area contributed by atoms with Gasteiger partial charge in [-0.3, -0.25) is 4.79 Å². The highest BCUT2D eigenvalue weighted by atomic mass is 127. The maximum Gasteiger partial charge on any atom is 0.311 e. The van der Waals surface area contributed by atoms with E-state index in [9.17, 15) is 9.90 Å². The Kier molecular flexibility index (Phi) is 9.66. The Hall–Kier alpha value is 0.880. The van der Waals surface area contributed by atoms with E-state index in [0.29, 0.717) is 5.41 Å². The van der Waals surface area contributed by atoms with Crippen molar-refractivity contribution < 1.29 is 9.90 Å². The Morgan fingerprint density at radius 3 is 1.96 bits per heavy atom. The van der Waals surface area contributed by atoms with Crippen LogP contribution in [0.15, 0.2) is 12.1 Å². The average molecular weight is 654 g/mol. The van der Waals surface area contributed by atoms with Crippen molar-refractivity contribution in [3.63, 3.8) is 0 Å². The summed E-state index contributed by atoms with van der Waals surface area (Å²) < 4.78 is 3.30. The predicted molar refractivity (Wildman–Crippen MR) is 122 cm³/mol. The van der Waals surface area contributed by atoms with Gasteiger partial charge in [0, 0.05) is 10.7 Å². The maximum atomic E-state index is 11.8. The quantitative estimate of drug-likeness (QED) is 0.290. The molecule has 1 N–H and O–H groups in total. The van der Waals surface area contributed by atoms with E-state index in [1.54, 1.807) is 0 Å². The topological polar surface area (TPSA) is 37.3 Å². The maximum absolute atomic E-state index is 11.8. The van der Waals surface area contributed by atoms with Crippen LogP contribution in [0.25, 0.3) is 0 Å². The van der Waals surface area contributed by atoms with Crippen molar-refractivity contribution >= 4 is 73.7 Å². The molecule has 0 saturated heterocycles. The van der Waals surface area contributed by atoms with Crippen LogP contribution in [0.1, 0.15) is 70.8 Å². The number of carboxylic acid groups (broad SMARTS) is 1. The second-order valence-corrected chi connectivity index (χ2v) is 9.70. The van der Waals surface area contributed by atoms with Gasteiger partial charge in [0.1, 0.15) is 0 Å². The molecule has 1 rings (SSSR count). The molecule has 0 spiro atoms. The fourth-order valence-electron chi connectivity index (χ4n) is 3.24. The van der Waals surface area contributed by atoms with E-state index in [-0.39, 0.29) is 0 Å². The monoisotopic (exact) mass is 654 g/mol. The Morgan fingerprint density at radius 2 is 1.57 bits per heavy atom. The largest absolute Gasteiger partial charge is 0.481 e. The lowest BCUT2D eigenvalue weighted by Gasteiger charge is -2.31. The molecular weight excluding hydrogens is 629 g/mol. The van der Waals surface area contributed by atoms with Gasteiger partial charge in [-0.05, 0) is 104 Å². The lowest BCUT2D eigenvalue weighted by atomic mass is 9.75. The molecule has 0 heterocycles. The highest BCUT2D eigenvalue weighted by Crippen LogP contribution is 2.38. The molecule has 0 amide bonds. The first-order valence-corrected chi connectivity index (χ1v) is 11.4. The zero-order valence-electron chi connectivity index (χ0n) is 14.0. The van der Waals surface area contributed by atoms with Crippen molar-refractivity contribution in [2.24, 2.45) is 5.41 Å². The van der Waals surface area contributed by atoms with Crippen LogP contribution in [0.4, 0.5) is 0 Å². The first-order valence-electron chi connectivity index (χ1n) is 8.17. The van der Waals surface area contributed by atoms with Gasteiger partial charge in [-0.2, -0.15) is 0 Å². The second-order valence-electron chi connectivity index (χ2n) is 6.13. The molecule has 5 heteroatoms. The molecule has 1 aromatic carbocycles. The number of carbonyl (C=O) groups is 1. The van der Waals surface area contributed by atoms with E-state index in [0.717, 1.165) is 35.5 Å². The molecule has 130 valence electrons. The number of benzene rings is 1. The Morgan fingerprint density at radius 1 is 1.09 bits per heavy atom. The summed E-state index contributed by atoms with van der Waals surface area (Å²) in [5, 5.41) is 9.74. The lowest BCUT2D eigenvalue weighted by Crippen LogP contribution is -2.20. The Labute approximate surface area is 181 Å². The van der Waals surface area contributed by atoms with Gasteiger partial charge >= 0.3 is 5.97 Å². The number of carboxylic acids is 1. The van der Waals surface area contributed by atoms with Crippen LogP contribution in [0.5, 0.6) is 0 Å². The molecule has 0 radical (unpaired) electrons. The van der Waals surface area contributed by atoms with Gasteiger partial charge in [-0.25, -0.2) is 0 Å². The molecule has 0 aromatic heterocycles. The molecular formula is C18H25I3O2. The van der Waals surface area contributed by atoms with Crippen molar-refractivity contribution in [1.29, 1.82) is 0 Å². The number of rotatable bonds is 9. The molecule has 23 heavy (non-hydrogen) atoms. The molecule has 0 aliphatic rings. The summed E-state index contributed by atoms with van der Waals surface area (Å²) in [4.78, 5) is 11.8. The van der Waals surface area contributed by atoms with Crippen molar-refractivity contribution in [2.75, 3.05) is 0 Å². The van der Waals surface area contributed by atoms with Gasteiger partial charge in [0.15, 0.2) is 0 Å². The van der Waals surface area contributed by atoms with Crippen LogP contribution >= 0.6 is 67.8 Å². The molecule has 0 fully saturated rings. The summed E-state index contributed by atoms with van der Waals surface area (Å²) >= 11 is 6.84. The standard InChI is InChI=1S/C18H25I3O2/c1-4-18(5-2,6-3)9-7-8-13(17(22)23)16-14(20)10-12(19)11-15(16)21/h10-11,13H,4-9H2,1-3H3,(H,22,23). The summed E-state index contributed by atoms with van der Waals surface area (Å²) in [5.74, 6) is -1.09. The van der Waals surface area contributed by atoms with Crippen LogP contribution in [-0.2, 0) is 4.79 Å². The summed E-state index contributed by atoms with van der Waals surface area (Å²) in [6, 6.07) is 4.14. The predicted octanol–water partition coefficient (Wildman–Crippen LogP) is 7.06. The van der Waals surface area contributed by atoms with Gasteiger partial charge in [-0.1, -0.05) is 46.5 Å². The van der Waals surface area contributed by atoms with Crippen LogP contribution in [0.2, 0.25) is 0 Å². The summed E-state index contributed by atoms with van der Waals surface area (Å²) in [5.41, 5.74) is 1.38. The van der Waals surface area contributed by atoms with Crippen LogP contribution in [0.3, 0.4) is 0 Å². The van der Waals surface area contributed by atoms with Gasteiger partial charge in [-0.15, -0.1) is 0 Å². The third-order valence-electron chi connectivity index (χ3n) is 5.14. The van der Waals surface area contributed by atoms with Gasteiger partial charge < -0.3 is 5.11 Å². The van der Waals surface area contributed by atoms with E-state index in [1.165, 1.54) is 19.3 Å². The van der Waals surface area contributed by atoms with E-state index in [2.05, 4.69) is 101 Å². The molecule has 0 bridgehead atoms. The number of hydrogen-bond donors (Lipinski definition) is 1. The third kappa shape index (κ3) is 5.97. The zero-order valence-corrected chi connectivity index (χ0v) is 20.4. The van der Waals surface area contributed by atoms with Crippen molar-refractivity contribution in [1.82, 2.24) is 0 Å². The normalized spacial score (nSPS) is 13.1. The van der Waals surface area contributed by atoms with Gasteiger partial charge in [0.2, 0.25) is 0 Å². The molecule has 2 nitrogen and oxygen atoms in total. The highest BCUT2D eigenvalue weighted by molar-refractivity contribution is 14.1. The van der Waals surface area contributed by atoms with Crippen molar-refractivity contribution in [3.05, 3.63) is 28.4 Å². The van der Waals surface area contributed by atoms with Crippen LogP contribution < -0.4 is 0 Å². The molecule has 0 aliphatic carbocycles. The fraction of sp³-hybridized carbons (Fsp3) is 0.611. The average Bonchev–Trinajstić information content (AvgIpc) is 2.49. The van der Waals surface area contributed by atoms with E-state index >= 15 is 0 Å². The van der Waals surface area contributed by atoms with Crippen LogP contribution in [-0.4, -0.2) is 11.1 Å². The van der Waals surface area contributed by atoms with E-state index in [4.69, 9.17) is 0 Å². The summed E-state index contributed by atoms with van der Waals surface area (Å²) in [7, 11) is 0. The summed E-state index contributed by atoms with van der Waals surface area (Å²) in [6.07, 6.45) is 6.36. The highest BCUT2D eigenvalue weighted by Gasteiger charge is 2.28. The number of aliphatic carboxylic acids is 1. The van der Waals surface area contributed by atoms with Crippen LogP contribution in [0, 0.1) is 16.1 Å². The number of halogens is 3. The molecule has 1 unspecified atom stereocenters. The van der Waals surface area contributed by atoms with Gasteiger partial charge in [0.25, 0.3) is 0 Å². The minimum Gasteiger partial charge on any atom is -0.481 e. The third-order valence-corrected chi connectivity index (χ3v) is 7.55. The minimum atomic E-state index is -0.697. The fourth-order valence-corrected chi connectivity index (χ4v) is 7.57. The summed E-state index contributed by atoms with van der Waals surface area (Å²) in [6.45, 7) is 6.77. The molecule has 1 aromatic rings.